The molecule has 1 nitrogen and oxygen atoms in total. The van der Waals surface area contributed by atoms with Crippen molar-refractivity contribution in [2.45, 2.75) is 44.9 Å². The molecule has 0 atom stereocenters. The third-order valence-corrected chi connectivity index (χ3v) is 2.03. The highest BCUT2D eigenvalue weighted by atomic mass is 14.5. The first-order chi connectivity index (χ1) is 6.41. The van der Waals surface area contributed by atoms with E-state index >= 15 is 0 Å². The minimum absolute atomic E-state index is 0.774. The lowest BCUT2D eigenvalue weighted by Crippen LogP contribution is -1.94. The normalized spacial score (nSPS) is 10.8. The van der Waals surface area contributed by atoms with Gasteiger partial charge < -0.3 is 5.73 Å². The number of nitrogens with two attached hydrogens (primary N) is 1. The van der Waals surface area contributed by atoms with Crippen molar-refractivity contribution in [1.82, 2.24) is 0 Å². The van der Waals surface area contributed by atoms with E-state index in [4.69, 9.17) is 5.73 Å². The van der Waals surface area contributed by atoms with E-state index in [2.05, 4.69) is 18.7 Å². The molecule has 1 heteroatoms. The second-order valence-corrected chi connectivity index (χ2v) is 3.33. The molecule has 0 fully saturated rings. The summed E-state index contributed by atoms with van der Waals surface area (Å²) in [6, 6.07) is 0. The summed E-state index contributed by atoms with van der Waals surface area (Å²) in [7, 11) is 0. The summed E-state index contributed by atoms with van der Waals surface area (Å²) in [5.74, 6) is 0. The zero-order chi connectivity index (χ0) is 9.78. The Morgan fingerprint density at radius 3 is 2.08 bits per heavy atom. The van der Waals surface area contributed by atoms with E-state index in [1.54, 1.807) is 0 Å². The predicted octanol–water partition coefficient (Wildman–Crippen LogP) is 3.42. The molecular weight excluding hydrogens is 158 g/mol. The standard InChI is InChI=1S/C12H23N/c1-2-3-4-5-6-7-8-9-10-11-12-13/h2,9-10H,1,3-8,11-13H2. The molecule has 0 radical (unpaired) electrons. The van der Waals surface area contributed by atoms with Crippen LogP contribution in [-0.4, -0.2) is 6.54 Å². The Morgan fingerprint density at radius 2 is 1.46 bits per heavy atom. The highest BCUT2D eigenvalue weighted by Crippen LogP contribution is 2.05. The largest absolute Gasteiger partial charge is 0.330 e. The van der Waals surface area contributed by atoms with Crippen molar-refractivity contribution >= 4 is 0 Å². The van der Waals surface area contributed by atoms with Gasteiger partial charge in [0.25, 0.3) is 0 Å². The van der Waals surface area contributed by atoms with E-state index in [9.17, 15) is 0 Å². The average molecular weight is 181 g/mol. The molecule has 0 aliphatic carbocycles. The SMILES string of the molecule is C=CCCCCCCC=CCCN. The van der Waals surface area contributed by atoms with Gasteiger partial charge in [-0.1, -0.05) is 31.1 Å². The third-order valence-electron chi connectivity index (χ3n) is 2.03. The van der Waals surface area contributed by atoms with Gasteiger partial charge in [-0.15, -0.1) is 6.58 Å². The van der Waals surface area contributed by atoms with Crippen LogP contribution in [0.4, 0.5) is 0 Å². The molecule has 76 valence electrons. The first kappa shape index (κ1) is 12.4. The van der Waals surface area contributed by atoms with Crippen molar-refractivity contribution < 1.29 is 0 Å². The Balaban J connectivity index is 2.94. The molecule has 0 aromatic rings. The van der Waals surface area contributed by atoms with Crippen molar-refractivity contribution in [3.63, 3.8) is 0 Å². The number of rotatable bonds is 9. The van der Waals surface area contributed by atoms with Gasteiger partial charge in [-0.25, -0.2) is 0 Å². The van der Waals surface area contributed by atoms with Gasteiger partial charge >= 0.3 is 0 Å². The van der Waals surface area contributed by atoms with Crippen molar-refractivity contribution in [1.29, 1.82) is 0 Å². The Morgan fingerprint density at radius 1 is 0.846 bits per heavy atom. The second kappa shape index (κ2) is 11.4. The van der Waals surface area contributed by atoms with Crippen LogP contribution >= 0.6 is 0 Å². The van der Waals surface area contributed by atoms with E-state index in [1.807, 2.05) is 6.08 Å². The van der Waals surface area contributed by atoms with Crippen LogP contribution in [-0.2, 0) is 0 Å². The van der Waals surface area contributed by atoms with Crippen LogP contribution in [0.1, 0.15) is 44.9 Å². The van der Waals surface area contributed by atoms with E-state index in [1.165, 1.54) is 38.5 Å². The van der Waals surface area contributed by atoms with Crippen LogP contribution in [0.3, 0.4) is 0 Å². The molecule has 0 amide bonds. The maximum atomic E-state index is 5.36. The lowest BCUT2D eigenvalue weighted by atomic mass is 10.1. The van der Waals surface area contributed by atoms with Gasteiger partial charge in [0.15, 0.2) is 0 Å². The van der Waals surface area contributed by atoms with Crippen LogP contribution < -0.4 is 5.73 Å². The number of allylic oxidation sites excluding steroid dienone is 2. The first-order valence-electron chi connectivity index (χ1n) is 5.37. The fourth-order valence-corrected chi connectivity index (χ4v) is 1.24. The molecule has 0 heterocycles. The summed E-state index contributed by atoms with van der Waals surface area (Å²) < 4.78 is 0. The highest BCUT2D eigenvalue weighted by Gasteiger charge is 1.86. The van der Waals surface area contributed by atoms with Gasteiger partial charge in [-0.3, -0.25) is 0 Å². The monoisotopic (exact) mass is 181 g/mol. The summed E-state index contributed by atoms with van der Waals surface area (Å²) in [6.45, 7) is 4.48. The van der Waals surface area contributed by atoms with Crippen molar-refractivity contribution in [3.8, 4) is 0 Å². The fraction of sp³-hybridized carbons (Fsp3) is 0.667. The quantitative estimate of drug-likeness (QED) is 0.428. The van der Waals surface area contributed by atoms with E-state index in [-0.39, 0.29) is 0 Å². The van der Waals surface area contributed by atoms with Crippen LogP contribution in [0, 0.1) is 0 Å². The van der Waals surface area contributed by atoms with Crippen LogP contribution in [0.15, 0.2) is 24.8 Å². The summed E-state index contributed by atoms with van der Waals surface area (Å²) in [5.41, 5.74) is 5.36. The zero-order valence-corrected chi connectivity index (χ0v) is 8.67. The van der Waals surface area contributed by atoms with E-state index in [0.29, 0.717) is 0 Å². The Bertz CT molecular complexity index is 127. The van der Waals surface area contributed by atoms with Crippen molar-refractivity contribution in [2.24, 2.45) is 5.73 Å². The first-order valence-corrected chi connectivity index (χ1v) is 5.37. The van der Waals surface area contributed by atoms with Crippen LogP contribution in [0.2, 0.25) is 0 Å². The molecule has 0 aliphatic heterocycles. The number of hydrogen-bond donors (Lipinski definition) is 1. The molecule has 0 saturated carbocycles. The molecule has 0 aromatic carbocycles. The maximum absolute atomic E-state index is 5.36. The molecule has 2 N–H and O–H groups in total. The highest BCUT2D eigenvalue weighted by molar-refractivity contribution is 4.81. The smallest absolute Gasteiger partial charge is 0.00426 e. The van der Waals surface area contributed by atoms with Gasteiger partial charge in [0.05, 0.1) is 0 Å². The summed E-state index contributed by atoms with van der Waals surface area (Å²) in [6.07, 6.45) is 15.2. The summed E-state index contributed by atoms with van der Waals surface area (Å²) in [4.78, 5) is 0. The number of unbranched alkanes of at least 4 members (excludes halogenated alkanes) is 5. The van der Waals surface area contributed by atoms with E-state index < -0.39 is 0 Å². The molecule has 0 aromatic heterocycles. The fourth-order valence-electron chi connectivity index (χ4n) is 1.24. The lowest BCUT2D eigenvalue weighted by Gasteiger charge is -1.96. The molecule has 0 bridgehead atoms. The van der Waals surface area contributed by atoms with E-state index in [0.717, 1.165) is 13.0 Å². The number of hydrogen-bond acceptors (Lipinski definition) is 1. The Kier molecular flexibility index (Phi) is 10.9. The lowest BCUT2D eigenvalue weighted by molar-refractivity contribution is 0.652. The van der Waals surface area contributed by atoms with Gasteiger partial charge in [0, 0.05) is 0 Å². The summed E-state index contributed by atoms with van der Waals surface area (Å²) >= 11 is 0. The van der Waals surface area contributed by atoms with Gasteiger partial charge in [0.2, 0.25) is 0 Å². The molecule has 0 rings (SSSR count). The zero-order valence-electron chi connectivity index (χ0n) is 8.67. The van der Waals surface area contributed by atoms with Gasteiger partial charge in [-0.05, 0) is 38.6 Å². The van der Waals surface area contributed by atoms with Crippen molar-refractivity contribution in [2.75, 3.05) is 6.54 Å². The molecular formula is C12H23N. The second-order valence-electron chi connectivity index (χ2n) is 3.33. The van der Waals surface area contributed by atoms with Crippen LogP contribution in [0.5, 0.6) is 0 Å². The van der Waals surface area contributed by atoms with Gasteiger partial charge in [0.1, 0.15) is 0 Å². The Hall–Kier alpha value is -0.560. The maximum Gasteiger partial charge on any atom is -0.00426 e. The predicted molar refractivity (Wildman–Crippen MR) is 60.7 cm³/mol. The Labute approximate surface area is 82.7 Å². The molecule has 13 heavy (non-hydrogen) atoms. The summed E-state index contributed by atoms with van der Waals surface area (Å²) in [5, 5.41) is 0. The van der Waals surface area contributed by atoms with Crippen LogP contribution in [0.25, 0.3) is 0 Å². The third kappa shape index (κ3) is 11.4. The molecule has 0 aliphatic rings. The average Bonchev–Trinajstić information content (AvgIpc) is 2.16. The van der Waals surface area contributed by atoms with Crippen molar-refractivity contribution in [3.05, 3.63) is 24.8 Å². The topological polar surface area (TPSA) is 26.0 Å². The minimum Gasteiger partial charge on any atom is -0.330 e. The molecule has 0 unspecified atom stereocenters. The molecule has 0 saturated heterocycles. The minimum atomic E-state index is 0.774. The van der Waals surface area contributed by atoms with Gasteiger partial charge in [-0.2, -0.15) is 0 Å². The molecule has 0 spiro atoms.